The molecule has 3 saturated heterocycles. The number of hydrogen-bond acceptors (Lipinski definition) is 3. The van der Waals surface area contributed by atoms with Crippen molar-refractivity contribution in [3.05, 3.63) is 71.4 Å². The van der Waals surface area contributed by atoms with Crippen molar-refractivity contribution in [3.8, 4) is 0 Å². The highest BCUT2D eigenvalue weighted by atomic mass is 16.1. The minimum atomic E-state index is 0.256. The van der Waals surface area contributed by atoms with Gasteiger partial charge in [-0.15, -0.1) is 0 Å². The molecule has 0 amide bonds. The van der Waals surface area contributed by atoms with Crippen LogP contribution < -0.4 is 4.90 Å². The van der Waals surface area contributed by atoms with Crippen molar-refractivity contribution in [2.24, 2.45) is 5.92 Å². The Morgan fingerprint density at radius 2 is 1.73 bits per heavy atom. The van der Waals surface area contributed by atoms with Crippen LogP contribution in [0.25, 0.3) is 6.08 Å². The molecule has 3 fully saturated rings. The minimum Gasteiger partial charge on any atom is -0.369 e. The fourth-order valence-corrected chi connectivity index (χ4v) is 4.04. The number of carbonyl (C=O) groups is 1. The fraction of sp³-hybridized carbons (Fsp3) is 0.348. The van der Waals surface area contributed by atoms with Crippen LogP contribution in [0.2, 0.25) is 0 Å². The first kappa shape index (κ1) is 16.9. The van der Waals surface area contributed by atoms with Gasteiger partial charge in [-0.3, -0.25) is 4.79 Å². The summed E-state index contributed by atoms with van der Waals surface area (Å²) >= 11 is 0. The lowest BCUT2D eigenvalue weighted by molar-refractivity contribution is -0.125. The summed E-state index contributed by atoms with van der Waals surface area (Å²) in [6.07, 6.45) is 4.13. The summed E-state index contributed by atoms with van der Waals surface area (Å²) < 4.78 is 0. The Morgan fingerprint density at radius 1 is 1.04 bits per heavy atom. The van der Waals surface area contributed by atoms with E-state index in [1.165, 1.54) is 11.3 Å². The quantitative estimate of drug-likeness (QED) is 0.752. The molecule has 0 radical (unpaired) electrons. The van der Waals surface area contributed by atoms with E-state index in [0.717, 1.165) is 50.3 Å². The SMILES string of the molecule is CCN(Cc1ccccc1)c1ccc(/C=C2/C(=O)C3CCN2CC3)cc1. The predicted molar refractivity (Wildman–Crippen MR) is 107 cm³/mol. The molecule has 3 aliphatic heterocycles. The van der Waals surface area contributed by atoms with Crippen LogP contribution in [0, 0.1) is 5.92 Å². The average Bonchev–Trinajstić information content (AvgIpc) is 2.71. The van der Waals surface area contributed by atoms with Gasteiger partial charge in [-0.05, 0) is 49.1 Å². The van der Waals surface area contributed by atoms with E-state index in [1.54, 1.807) is 0 Å². The number of benzene rings is 2. The molecule has 3 heterocycles. The summed E-state index contributed by atoms with van der Waals surface area (Å²) in [5.74, 6) is 0.595. The second kappa shape index (κ2) is 7.36. The molecule has 0 atom stereocenters. The van der Waals surface area contributed by atoms with Gasteiger partial charge in [0.05, 0.1) is 5.70 Å². The van der Waals surface area contributed by atoms with Crippen LogP contribution in [0.15, 0.2) is 60.3 Å². The standard InChI is InChI=1S/C23H26N2O/c1-2-24(17-19-6-4-3-5-7-19)21-10-8-18(9-11-21)16-22-23(26)20-12-14-25(22)15-13-20/h3-11,16,20H,2,12-15,17H2,1H3/b22-16-. The molecule has 2 bridgehead atoms. The zero-order valence-corrected chi connectivity index (χ0v) is 15.4. The third kappa shape index (κ3) is 3.39. The lowest BCUT2D eigenvalue weighted by atomic mass is 9.84. The molecule has 3 heteroatoms. The molecule has 26 heavy (non-hydrogen) atoms. The molecule has 2 aromatic carbocycles. The van der Waals surface area contributed by atoms with E-state index in [-0.39, 0.29) is 5.92 Å². The van der Waals surface area contributed by atoms with Crippen LogP contribution in [0.3, 0.4) is 0 Å². The lowest BCUT2D eigenvalue weighted by Gasteiger charge is -2.41. The van der Waals surface area contributed by atoms with E-state index in [0.29, 0.717) is 5.78 Å². The van der Waals surface area contributed by atoms with E-state index in [9.17, 15) is 4.79 Å². The zero-order chi connectivity index (χ0) is 17.9. The van der Waals surface area contributed by atoms with Crippen molar-refractivity contribution < 1.29 is 4.79 Å². The number of anilines is 1. The van der Waals surface area contributed by atoms with E-state index in [2.05, 4.69) is 77.4 Å². The molecule has 0 spiro atoms. The molecule has 0 saturated carbocycles. The number of allylic oxidation sites excluding steroid dienone is 1. The molecule has 5 rings (SSSR count). The van der Waals surface area contributed by atoms with Gasteiger partial charge in [0.15, 0.2) is 5.78 Å². The van der Waals surface area contributed by atoms with Gasteiger partial charge in [0.1, 0.15) is 0 Å². The Morgan fingerprint density at radius 3 is 2.35 bits per heavy atom. The monoisotopic (exact) mass is 346 g/mol. The summed E-state index contributed by atoms with van der Waals surface area (Å²) in [5.41, 5.74) is 4.56. The Kier molecular flexibility index (Phi) is 4.79. The molecule has 3 aliphatic rings. The maximum Gasteiger partial charge on any atom is 0.182 e. The first-order valence-corrected chi connectivity index (χ1v) is 9.64. The molecule has 134 valence electrons. The fourth-order valence-electron chi connectivity index (χ4n) is 4.04. The van der Waals surface area contributed by atoms with Crippen LogP contribution >= 0.6 is 0 Å². The minimum absolute atomic E-state index is 0.256. The first-order valence-electron chi connectivity index (χ1n) is 9.64. The van der Waals surface area contributed by atoms with Crippen molar-refractivity contribution in [2.75, 3.05) is 24.5 Å². The topological polar surface area (TPSA) is 23.6 Å². The Bertz CT molecular complexity index is 787. The molecule has 0 aromatic heterocycles. The van der Waals surface area contributed by atoms with Crippen LogP contribution in [0.1, 0.15) is 30.9 Å². The van der Waals surface area contributed by atoms with E-state index < -0.39 is 0 Å². The van der Waals surface area contributed by atoms with Crippen LogP contribution in [-0.2, 0) is 11.3 Å². The maximum atomic E-state index is 12.5. The van der Waals surface area contributed by atoms with Gasteiger partial charge in [0, 0.05) is 37.8 Å². The molecule has 0 N–H and O–H groups in total. The second-order valence-corrected chi connectivity index (χ2v) is 7.25. The molecular weight excluding hydrogens is 320 g/mol. The summed E-state index contributed by atoms with van der Waals surface area (Å²) in [6.45, 7) is 6.11. The van der Waals surface area contributed by atoms with Gasteiger partial charge in [-0.25, -0.2) is 0 Å². The number of Topliss-reactive ketones (excluding diaryl/α,β-unsaturated/α-hetero) is 1. The maximum absolute atomic E-state index is 12.5. The number of nitrogens with zero attached hydrogens (tertiary/aromatic N) is 2. The molecule has 2 aromatic rings. The third-order valence-corrected chi connectivity index (χ3v) is 5.62. The summed E-state index contributed by atoms with van der Waals surface area (Å²) in [5, 5.41) is 0. The Balaban J connectivity index is 1.51. The number of carbonyl (C=O) groups excluding carboxylic acids is 1. The Labute approximate surface area is 155 Å². The normalized spacial score (nSPS) is 18.6. The lowest BCUT2D eigenvalue weighted by Crippen LogP contribution is -2.45. The van der Waals surface area contributed by atoms with Crippen molar-refractivity contribution >= 4 is 17.5 Å². The summed E-state index contributed by atoms with van der Waals surface area (Å²) in [7, 11) is 0. The smallest absolute Gasteiger partial charge is 0.182 e. The van der Waals surface area contributed by atoms with Gasteiger partial charge >= 0.3 is 0 Å². The number of piperidine rings is 3. The molecular formula is C23H26N2O. The van der Waals surface area contributed by atoms with Crippen LogP contribution in [0.5, 0.6) is 0 Å². The predicted octanol–water partition coefficient (Wildman–Crippen LogP) is 4.35. The van der Waals surface area contributed by atoms with Crippen molar-refractivity contribution in [2.45, 2.75) is 26.3 Å². The molecule has 0 aliphatic carbocycles. The summed E-state index contributed by atoms with van der Waals surface area (Å²) in [6, 6.07) is 19.2. The van der Waals surface area contributed by atoms with E-state index in [1.807, 2.05) is 0 Å². The molecule has 0 unspecified atom stereocenters. The highest BCUT2D eigenvalue weighted by Gasteiger charge is 2.36. The van der Waals surface area contributed by atoms with Gasteiger partial charge in [-0.2, -0.15) is 0 Å². The van der Waals surface area contributed by atoms with Crippen molar-refractivity contribution in [1.82, 2.24) is 4.90 Å². The zero-order valence-electron chi connectivity index (χ0n) is 15.4. The van der Waals surface area contributed by atoms with Crippen molar-refractivity contribution in [3.63, 3.8) is 0 Å². The van der Waals surface area contributed by atoms with Gasteiger partial charge in [0.2, 0.25) is 0 Å². The van der Waals surface area contributed by atoms with Crippen molar-refractivity contribution in [1.29, 1.82) is 0 Å². The van der Waals surface area contributed by atoms with Gasteiger partial charge < -0.3 is 9.80 Å². The molecule has 3 nitrogen and oxygen atoms in total. The first-order chi connectivity index (χ1) is 12.7. The largest absolute Gasteiger partial charge is 0.369 e. The highest BCUT2D eigenvalue weighted by Crippen LogP contribution is 2.32. The number of fused-ring (bicyclic) bond motifs is 3. The third-order valence-electron chi connectivity index (χ3n) is 5.62. The van der Waals surface area contributed by atoms with Crippen LogP contribution in [0.4, 0.5) is 5.69 Å². The highest BCUT2D eigenvalue weighted by molar-refractivity contribution is 6.01. The van der Waals surface area contributed by atoms with Crippen LogP contribution in [-0.4, -0.2) is 30.3 Å². The number of ketones is 1. The average molecular weight is 346 g/mol. The van der Waals surface area contributed by atoms with Gasteiger partial charge in [-0.1, -0.05) is 42.5 Å². The summed E-state index contributed by atoms with van der Waals surface area (Å²) in [4.78, 5) is 17.1. The Hall–Kier alpha value is -2.55. The van der Waals surface area contributed by atoms with Gasteiger partial charge in [0.25, 0.3) is 0 Å². The van der Waals surface area contributed by atoms with E-state index >= 15 is 0 Å². The number of hydrogen-bond donors (Lipinski definition) is 0. The van der Waals surface area contributed by atoms with E-state index in [4.69, 9.17) is 0 Å². The number of rotatable bonds is 5. The second-order valence-electron chi connectivity index (χ2n) is 7.25.